The molecule has 1 N–H and O–H groups in total. The molecule has 16 heavy (non-hydrogen) atoms. The van der Waals surface area contributed by atoms with E-state index in [-0.39, 0.29) is 5.97 Å². The van der Waals surface area contributed by atoms with Crippen molar-refractivity contribution >= 4 is 5.97 Å². The van der Waals surface area contributed by atoms with E-state index in [1.54, 1.807) is 0 Å². The minimum absolute atomic E-state index is 0.0878. The van der Waals surface area contributed by atoms with E-state index >= 15 is 0 Å². The molecule has 0 aromatic carbocycles. The van der Waals surface area contributed by atoms with Crippen molar-refractivity contribution in [3.63, 3.8) is 0 Å². The van der Waals surface area contributed by atoms with Gasteiger partial charge in [0.15, 0.2) is 0 Å². The zero-order chi connectivity index (χ0) is 11.8. The van der Waals surface area contributed by atoms with Crippen LogP contribution in [0.25, 0.3) is 0 Å². The summed E-state index contributed by atoms with van der Waals surface area (Å²) in [5.41, 5.74) is 0. The molecule has 1 rings (SSSR count). The molecule has 0 bridgehead atoms. The van der Waals surface area contributed by atoms with Crippen molar-refractivity contribution < 1.29 is 9.53 Å². The molecule has 94 valence electrons. The van der Waals surface area contributed by atoms with Gasteiger partial charge in [-0.05, 0) is 25.3 Å². The lowest BCUT2D eigenvalue weighted by molar-refractivity contribution is -0.141. The lowest BCUT2D eigenvalue weighted by Gasteiger charge is -2.26. The van der Waals surface area contributed by atoms with Crippen molar-refractivity contribution in [1.29, 1.82) is 0 Å². The fraction of sp³-hybridized carbons (Fsp3) is 0.923. The van der Waals surface area contributed by atoms with Crippen molar-refractivity contribution in [3.8, 4) is 0 Å². The highest BCUT2D eigenvalue weighted by Crippen LogP contribution is 2.27. The van der Waals surface area contributed by atoms with Crippen LogP contribution in [-0.2, 0) is 9.53 Å². The summed E-state index contributed by atoms with van der Waals surface area (Å²) in [7, 11) is 1.47. The minimum atomic E-state index is -0.0878. The van der Waals surface area contributed by atoms with E-state index < -0.39 is 0 Å². The molecule has 1 atom stereocenters. The van der Waals surface area contributed by atoms with Crippen molar-refractivity contribution in [2.45, 2.75) is 57.9 Å². The fourth-order valence-electron chi connectivity index (χ4n) is 2.64. The van der Waals surface area contributed by atoms with Crippen LogP contribution < -0.4 is 5.32 Å². The summed E-state index contributed by atoms with van der Waals surface area (Å²) in [6.45, 7) is 3.03. The van der Waals surface area contributed by atoms with Gasteiger partial charge in [0.05, 0.1) is 13.5 Å². The minimum Gasteiger partial charge on any atom is -0.469 e. The van der Waals surface area contributed by atoms with Gasteiger partial charge in [0, 0.05) is 6.04 Å². The second kappa shape index (κ2) is 7.66. The Morgan fingerprint density at radius 1 is 1.31 bits per heavy atom. The zero-order valence-corrected chi connectivity index (χ0v) is 10.6. The largest absolute Gasteiger partial charge is 0.469 e. The van der Waals surface area contributed by atoms with Gasteiger partial charge < -0.3 is 10.1 Å². The highest BCUT2D eigenvalue weighted by molar-refractivity contribution is 5.69. The molecule has 0 saturated heterocycles. The Morgan fingerprint density at radius 2 is 1.94 bits per heavy atom. The summed E-state index contributed by atoms with van der Waals surface area (Å²) in [6, 6.07) is 0.315. The fourth-order valence-corrected chi connectivity index (χ4v) is 2.64. The smallest absolute Gasteiger partial charge is 0.307 e. The monoisotopic (exact) mass is 227 g/mol. The lowest BCUT2D eigenvalue weighted by atomic mass is 9.90. The molecule has 1 aliphatic carbocycles. The molecule has 0 aromatic rings. The third kappa shape index (κ3) is 4.52. The Kier molecular flexibility index (Phi) is 6.46. The second-order valence-electron chi connectivity index (χ2n) is 4.70. The Bertz CT molecular complexity index is 198. The van der Waals surface area contributed by atoms with Crippen LogP contribution >= 0.6 is 0 Å². The number of nitrogens with one attached hydrogen (secondary N) is 1. The number of hydrogen-bond acceptors (Lipinski definition) is 3. The van der Waals surface area contributed by atoms with Gasteiger partial charge in [0.2, 0.25) is 0 Å². The predicted octanol–water partition coefficient (Wildman–Crippen LogP) is 2.50. The molecular weight excluding hydrogens is 202 g/mol. The number of esters is 1. The van der Waals surface area contributed by atoms with E-state index in [0.29, 0.717) is 18.4 Å². The van der Waals surface area contributed by atoms with E-state index in [4.69, 9.17) is 4.74 Å². The molecule has 3 heteroatoms. The van der Waals surface area contributed by atoms with E-state index in [9.17, 15) is 4.79 Å². The van der Waals surface area contributed by atoms with Crippen LogP contribution in [0.5, 0.6) is 0 Å². The summed E-state index contributed by atoms with van der Waals surface area (Å²) in [5.74, 6) is 0.566. The molecule has 0 spiro atoms. The molecule has 1 unspecified atom stereocenters. The Labute approximate surface area is 98.9 Å². The van der Waals surface area contributed by atoms with Gasteiger partial charge in [-0.15, -0.1) is 0 Å². The number of carbonyl (C=O) groups excluding carboxylic acids is 1. The van der Waals surface area contributed by atoms with Gasteiger partial charge >= 0.3 is 5.97 Å². The molecule has 0 heterocycles. The van der Waals surface area contributed by atoms with E-state index in [1.807, 2.05) is 0 Å². The third-order valence-electron chi connectivity index (χ3n) is 3.55. The van der Waals surface area contributed by atoms with E-state index in [1.165, 1.54) is 45.6 Å². The average Bonchev–Trinajstić information content (AvgIpc) is 2.56. The molecular formula is C13H25NO2. The predicted molar refractivity (Wildman–Crippen MR) is 65.3 cm³/mol. The van der Waals surface area contributed by atoms with Gasteiger partial charge in [0.25, 0.3) is 0 Å². The van der Waals surface area contributed by atoms with Gasteiger partial charge in [0.1, 0.15) is 0 Å². The van der Waals surface area contributed by atoms with Crippen LogP contribution in [0, 0.1) is 5.92 Å². The number of rotatable bonds is 5. The van der Waals surface area contributed by atoms with Crippen LogP contribution in [-0.4, -0.2) is 25.7 Å². The first-order valence-corrected chi connectivity index (χ1v) is 6.58. The SMILES string of the molecule is CCNC(CC(=O)OC)C1CCCCCC1. The molecule has 0 aromatic heterocycles. The molecule has 0 amide bonds. The molecule has 1 fully saturated rings. The Hall–Kier alpha value is -0.570. The summed E-state index contributed by atoms with van der Waals surface area (Å²) in [6.07, 6.45) is 8.38. The summed E-state index contributed by atoms with van der Waals surface area (Å²) in [5, 5.41) is 3.44. The van der Waals surface area contributed by atoms with Crippen molar-refractivity contribution in [2.75, 3.05) is 13.7 Å². The number of methoxy groups -OCH3 is 1. The normalized spacial score (nSPS) is 20.1. The maximum atomic E-state index is 11.4. The van der Waals surface area contributed by atoms with Crippen LogP contribution in [0.4, 0.5) is 0 Å². The summed E-state index contributed by atoms with van der Waals surface area (Å²) < 4.78 is 4.77. The standard InChI is InChI=1S/C13H25NO2/c1-3-14-12(10-13(15)16-2)11-8-6-4-5-7-9-11/h11-12,14H,3-10H2,1-2H3. The third-order valence-corrected chi connectivity index (χ3v) is 3.55. The molecule has 1 aliphatic rings. The van der Waals surface area contributed by atoms with Crippen molar-refractivity contribution in [2.24, 2.45) is 5.92 Å². The van der Waals surface area contributed by atoms with Gasteiger partial charge in [-0.2, -0.15) is 0 Å². The van der Waals surface area contributed by atoms with Gasteiger partial charge in [-0.3, -0.25) is 4.79 Å². The topological polar surface area (TPSA) is 38.3 Å². The highest BCUT2D eigenvalue weighted by atomic mass is 16.5. The first-order valence-electron chi connectivity index (χ1n) is 6.58. The number of hydrogen-bond donors (Lipinski definition) is 1. The average molecular weight is 227 g/mol. The van der Waals surface area contributed by atoms with Crippen molar-refractivity contribution in [1.82, 2.24) is 5.32 Å². The molecule has 1 saturated carbocycles. The van der Waals surface area contributed by atoms with Crippen molar-refractivity contribution in [3.05, 3.63) is 0 Å². The maximum Gasteiger partial charge on any atom is 0.307 e. The summed E-state index contributed by atoms with van der Waals surface area (Å²) >= 11 is 0. The van der Waals surface area contributed by atoms with Gasteiger partial charge in [-0.1, -0.05) is 32.6 Å². The summed E-state index contributed by atoms with van der Waals surface area (Å²) in [4.78, 5) is 11.4. The van der Waals surface area contributed by atoms with Crippen LogP contribution in [0.15, 0.2) is 0 Å². The second-order valence-corrected chi connectivity index (χ2v) is 4.70. The molecule has 3 nitrogen and oxygen atoms in total. The first-order chi connectivity index (χ1) is 7.77. The van der Waals surface area contributed by atoms with Crippen LogP contribution in [0.3, 0.4) is 0 Å². The van der Waals surface area contributed by atoms with E-state index in [0.717, 1.165) is 6.54 Å². The van der Waals surface area contributed by atoms with E-state index in [2.05, 4.69) is 12.2 Å². The zero-order valence-electron chi connectivity index (χ0n) is 10.6. The van der Waals surface area contributed by atoms with Crippen LogP contribution in [0.2, 0.25) is 0 Å². The lowest BCUT2D eigenvalue weighted by Crippen LogP contribution is -2.38. The number of carbonyl (C=O) groups is 1. The van der Waals surface area contributed by atoms with Crippen LogP contribution in [0.1, 0.15) is 51.9 Å². The molecule has 0 radical (unpaired) electrons. The number of ether oxygens (including phenoxy) is 1. The van der Waals surface area contributed by atoms with Gasteiger partial charge in [-0.25, -0.2) is 0 Å². The molecule has 0 aliphatic heterocycles. The quantitative estimate of drug-likeness (QED) is 0.579. The Balaban J connectivity index is 2.48. The Morgan fingerprint density at radius 3 is 2.44 bits per heavy atom. The first kappa shape index (κ1) is 13.5. The maximum absolute atomic E-state index is 11.4. The highest BCUT2D eigenvalue weighted by Gasteiger charge is 2.24.